The van der Waals surface area contributed by atoms with Crippen LogP contribution >= 0.6 is 0 Å². The minimum atomic E-state index is -0.0619. The molecule has 1 fully saturated rings. The Kier molecular flexibility index (Phi) is 4.94. The monoisotopic (exact) mass is 322 g/mol. The van der Waals surface area contributed by atoms with Crippen LogP contribution in [-0.4, -0.2) is 29.3 Å². The van der Waals surface area contributed by atoms with Gasteiger partial charge in [0.05, 0.1) is 0 Å². The largest absolute Gasteiger partial charge is 0.349 e. The molecule has 0 radical (unpaired) electrons. The molecule has 0 saturated heterocycles. The van der Waals surface area contributed by atoms with Crippen molar-refractivity contribution in [1.82, 2.24) is 10.2 Å². The van der Waals surface area contributed by atoms with Gasteiger partial charge >= 0.3 is 0 Å². The van der Waals surface area contributed by atoms with Gasteiger partial charge < -0.3 is 10.2 Å². The normalized spacial score (nSPS) is 13.4. The number of rotatable bonds is 6. The average molecular weight is 322 g/mol. The number of benzene rings is 2. The van der Waals surface area contributed by atoms with Crippen molar-refractivity contribution in [2.45, 2.75) is 32.4 Å². The number of nitrogens with zero attached hydrogens (tertiary/aromatic N) is 1. The van der Waals surface area contributed by atoms with E-state index < -0.39 is 0 Å². The second-order valence-corrected chi connectivity index (χ2v) is 6.13. The van der Waals surface area contributed by atoms with Crippen molar-refractivity contribution in [3.63, 3.8) is 0 Å². The summed E-state index contributed by atoms with van der Waals surface area (Å²) in [7, 11) is 0. The molecule has 4 nitrogen and oxygen atoms in total. The number of hydrogen-bond acceptors (Lipinski definition) is 2. The van der Waals surface area contributed by atoms with Gasteiger partial charge in [-0.3, -0.25) is 9.59 Å². The zero-order valence-corrected chi connectivity index (χ0v) is 13.9. The smallest absolute Gasteiger partial charge is 0.254 e. The Morgan fingerprint density at radius 2 is 1.62 bits per heavy atom. The zero-order valence-electron chi connectivity index (χ0n) is 13.9. The van der Waals surface area contributed by atoms with E-state index in [0.29, 0.717) is 30.3 Å². The molecule has 0 bridgehead atoms. The van der Waals surface area contributed by atoms with E-state index in [-0.39, 0.29) is 11.8 Å². The molecule has 24 heavy (non-hydrogen) atoms. The Hall–Kier alpha value is -2.62. The van der Waals surface area contributed by atoms with Gasteiger partial charge in [0.25, 0.3) is 11.8 Å². The van der Waals surface area contributed by atoms with Gasteiger partial charge in [0.1, 0.15) is 0 Å². The molecule has 0 heterocycles. The van der Waals surface area contributed by atoms with E-state index in [9.17, 15) is 9.59 Å². The fraction of sp³-hybridized carbons (Fsp3) is 0.300. The van der Waals surface area contributed by atoms with Gasteiger partial charge in [-0.2, -0.15) is 0 Å². The van der Waals surface area contributed by atoms with Crippen LogP contribution in [0.4, 0.5) is 0 Å². The predicted octanol–water partition coefficient (Wildman–Crippen LogP) is 3.24. The highest BCUT2D eigenvalue weighted by Crippen LogP contribution is 2.19. The number of carbonyl (C=O) groups excluding carboxylic acids is 2. The van der Waals surface area contributed by atoms with Crippen molar-refractivity contribution in [2.24, 2.45) is 0 Å². The van der Waals surface area contributed by atoms with Gasteiger partial charge in [-0.1, -0.05) is 30.3 Å². The summed E-state index contributed by atoms with van der Waals surface area (Å²) in [6.07, 6.45) is 2.13. The van der Waals surface area contributed by atoms with Crippen molar-refractivity contribution >= 4 is 11.8 Å². The zero-order chi connectivity index (χ0) is 16.9. The Balaban J connectivity index is 1.67. The minimum Gasteiger partial charge on any atom is -0.349 e. The summed E-state index contributed by atoms with van der Waals surface area (Å²) in [5, 5.41) is 2.95. The summed E-state index contributed by atoms with van der Waals surface area (Å²) >= 11 is 0. The molecular formula is C20H22N2O2. The van der Waals surface area contributed by atoms with Crippen LogP contribution in [0.3, 0.4) is 0 Å². The maximum atomic E-state index is 12.7. The molecule has 0 spiro atoms. The second kappa shape index (κ2) is 7.30. The minimum absolute atomic E-state index is 0.0181. The fourth-order valence-corrected chi connectivity index (χ4v) is 2.57. The quantitative estimate of drug-likeness (QED) is 0.887. The van der Waals surface area contributed by atoms with Crippen molar-refractivity contribution in [3.8, 4) is 0 Å². The van der Waals surface area contributed by atoms with Crippen LogP contribution in [0.15, 0.2) is 54.6 Å². The summed E-state index contributed by atoms with van der Waals surface area (Å²) in [4.78, 5) is 26.5. The molecule has 1 aliphatic rings. The maximum Gasteiger partial charge on any atom is 0.254 e. The lowest BCUT2D eigenvalue weighted by molar-refractivity contribution is 0.0752. The van der Waals surface area contributed by atoms with Gasteiger partial charge in [0.2, 0.25) is 0 Å². The Bertz CT molecular complexity index is 706. The lowest BCUT2D eigenvalue weighted by Gasteiger charge is -2.21. The molecule has 1 aliphatic carbocycles. The Labute approximate surface area is 142 Å². The first-order valence-corrected chi connectivity index (χ1v) is 8.41. The van der Waals surface area contributed by atoms with Crippen molar-refractivity contribution in [3.05, 3.63) is 71.3 Å². The number of hydrogen-bond donors (Lipinski definition) is 1. The molecule has 0 aliphatic heterocycles. The molecule has 1 N–H and O–H groups in total. The van der Waals surface area contributed by atoms with Crippen LogP contribution in [0, 0.1) is 0 Å². The highest BCUT2D eigenvalue weighted by molar-refractivity contribution is 5.98. The molecule has 4 heteroatoms. The molecule has 0 aromatic heterocycles. The van der Waals surface area contributed by atoms with Crippen LogP contribution in [0.2, 0.25) is 0 Å². The predicted molar refractivity (Wildman–Crippen MR) is 93.8 cm³/mol. The van der Waals surface area contributed by atoms with E-state index >= 15 is 0 Å². The molecule has 1 saturated carbocycles. The third kappa shape index (κ3) is 4.02. The molecule has 124 valence electrons. The van der Waals surface area contributed by atoms with E-state index in [0.717, 1.165) is 18.4 Å². The summed E-state index contributed by atoms with van der Waals surface area (Å²) in [5.41, 5.74) is 2.31. The first-order valence-electron chi connectivity index (χ1n) is 8.41. The topological polar surface area (TPSA) is 49.4 Å². The molecule has 0 atom stereocenters. The molecule has 2 aromatic rings. The first kappa shape index (κ1) is 16.2. The molecular weight excluding hydrogens is 300 g/mol. The highest BCUT2D eigenvalue weighted by Gasteiger charge is 2.24. The van der Waals surface area contributed by atoms with Gasteiger partial charge in [0.15, 0.2) is 0 Å². The average Bonchev–Trinajstić information content (AvgIpc) is 3.44. The van der Waals surface area contributed by atoms with Gasteiger partial charge in [0, 0.05) is 30.3 Å². The van der Waals surface area contributed by atoms with Gasteiger partial charge in [-0.25, -0.2) is 0 Å². The van der Waals surface area contributed by atoms with Crippen LogP contribution < -0.4 is 5.32 Å². The lowest BCUT2D eigenvalue weighted by atomic mass is 10.1. The Morgan fingerprint density at radius 3 is 2.21 bits per heavy atom. The van der Waals surface area contributed by atoms with E-state index in [1.807, 2.05) is 37.3 Å². The van der Waals surface area contributed by atoms with Crippen LogP contribution in [-0.2, 0) is 6.54 Å². The van der Waals surface area contributed by atoms with E-state index in [1.54, 1.807) is 29.2 Å². The summed E-state index contributed by atoms with van der Waals surface area (Å²) in [5.74, 6) is -0.0800. The summed E-state index contributed by atoms with van der Waals surface area (Å²) in [6, 6.07) is 17.2. The first-order chi connectivity index (χ1) is 11.7. The van der Waals surface area contributed by atoms with Crippen LogP contribution in [0.25, 0.3) is 0 Å². The van der Waals surface area contributed by atoms with E-state index in [2.05, 4.69) is 5.32 Å². The van der Waals surface area contributed by atoms with Crippen LogP contribution in [0.5, 0.6) is 0 Å². The van der Waals surface area contributed by atoms with Crippen LogP contribution in [0.1, 0.15) is 46.0 Å². The SMILES string of the molecule is CCN(Cc1ccccc1)C(=O)c1ccc(C(=O)NC2CC2)cc1. The molecule has 2 amide bonds. The third-order valence-electron chi connectivity index (χ3n) is 4.19. The van der Waals surface area contributed by atoms with E-state index in [4.69, 9.17) is 0 Å². The summed E-state index contributed by atoms with van der Waals surface area (Å²) in [6.45, 7) is 3.19. The van der Waals surface area contributed by atoms with Gasteiger partial charge in [-0.15, -0.1) is 0 Å². The second-order valence-electron chi connectivity index (χ2n) is 6.13. The highest BCUT2D eigenvalue weighted by atomic mass is 16.2. The maximum absolute atomic E-state index is 12.7. The lowest BCUT2D eigenvalue weighted by Crippen LogP contribution is -2.30. The number of nitrogens with one attached hydrogen (secondary N) is 1. The third-order valence-corrected chi connectivity index (χ3v) is 4.19. The number of amides is 2. The van der Waals surface area contributed by atoms with Crippen molar-refractivity contribution in [1.29, 1.82) is 0 Å². The van der Waals surface area contributed by atoms with Crippen molar-refractivity contribution < 1.29 is 9.59 Å². The summed E-state index contributed by atoms with van der Waals surface area (Å²) < 4.78 is 0. The molecule has 3 rings (SSSR count). The van der Waals surface area contributed by atoms with Crippen molar-refractivity contribution in [2.75, 3.05) is 6.54 Å². The molecule has 0 unspecified atom stereocenters. The number of carbonyl (C=O) groups is 2. The fourth-order valence-electron chi connectivity index (χ4n) is 2.57. The van der Waals surface area contributed by atoms with E-state index in [1.165, 1.54) is 0 Å². The standard InChI is InChI=1S/C20H22N2O2/c1-2-22(14-15-6-4-3-5-7-15)20(24)17-10-8-16(9-11-17)19(23)21-18-12-13-18/h3-11,18H,2,12-14H2,1H3,(H,21,23). The van der Waals surface area contributed by atoms with Gasteiger partial charge in [-0.05, 0) is 49.6 Å². The molecule has 2 aromatic carbocycles. The Morgan fingerprint density at radius 1 is 1.00 bits per heavy atom.